The third-order valence-corrected chi connectivity index (χ3v) is 5.88. The van der Waals surface area contributed by atoms with E-state index in [1.54, 1.807) is 0 Å². The predicted molar refractivity (Wildman–Crippen MR) is 88.5 cm³/mol. The molecular weight excluding hydrogens is 256 g/mol. The summed E-state index contributed by atoms with van der Waals surface area (Å²) < 4.78 is 0. The van der Waals surface area contributed by atoms with E-state index < -0.39 is 0 Å². The highest BCUT2D eigenvalue weighted by Gasteiger charge is 2.39. The number of piperidine rings is 2. The van der Waals surface area contributed by atoms with Gasteiger partial charge in [0.1, 0.15) is 0 Å². The van der Waals surface area contributed by atoms with Crippen LogP contribution in [0.25, 0.3) is 10.9 Å². The highest BCUT2D eigenvalue weighted by Crippen LogP contribution is 2.40. The van der Waals surface area contributed by atoms with Crippen LogP contribution in [0.2, 0.25) is 0 Å². The van der Waals surface area contributed by atoms with Gasteiger partial charge < -0.3 is 4.98 Å². The van der Waals surface area contributed by atoms with Crippen LogP contribution < -0.4 is 0 Å². The summed E-state index contributed by atoms with van der Waals surface area (Å²) in [5, 5.41) is 1.41. The van der Waals surface area contributed by atoms with Crippen molar-refractivity contribution in [2.45, 2.75) is 45.1 Å². The van der Waals surface area contributed by atoms with Crippen molar-refractivity contribution < 1.29 is 0 Å². The van der Waals surface area contributed by atoms with Crippen LogP contribution in [0.15, 0.2) is 30.5 Å². The number of H-pyrrole nitrogens is 1. The summed E-state index contributed by atoms with van der Waals surface area (Å²) in [6, 6.07) is 9.55. The van der Waals surface area contributed by atoms with Gasteiger partial charge in [-0.25, -0.2) is 0 Å². The molecule has 1 aromatic heterocycles. The molecule has 2 nitrogen and oxygen atoms in total. The monoisotopic (exact) mass is 282 g/mol. The Kier molecular flexibility index (Phi) is 3.50. The third kappa shape index (κ3) is 2.40. The van der Waals surface area contributed by atoms with Crippen molar-refractivity contribution >= 4 is 10.9 Å². The summed E-state index contributed by atoms with van der Waals surface area (Å²) in [6.07, 6.45) is 9.17. The molecule has 2 bridgehead atoms. The molecular formula is C19H26N2. The maximum atomic E-state index is 3.41. The molecule has 3 aliphatic rings. The van der Waals surface area contributed by atoms with E-state index in [0.29, 0.717) is 0 Å². The van der Waals surface area contributed by atoms with E-state index in [4.69, 9.17) is 0 Å². The first-order valence-corrected chi connectivity index (χ1v) is 8.64. The number of para-hydroxylation sites is 1. The molecule has 2 saturated heterocycles. The average molecular weight is 282 g/mol. The van der Waals surface area contributed by atoms with Crippen molar-refractivity contribution in [2.75, 3.05) is 13.1 Å². The van der Waals surface area contributed by atoms with Crippen LogP contribution in [0.4, 0.5) is 0 Å². The topological polar surface area (TPSA) is 19.0 Å². The lowest BCUT2D eigenvalue weighted by Crippen LogP contribution is -2.53. The zero-order valence-corrected chi connectivity index (χ0v) is 13.0. The Bertz CT molecular complexity index is 615. The molecule has 1 aromatic carbocycles. The van der Waals surface area contributed by atoms with Gasteiger partial charge in [-0.15, -0.1) is 0 Å². The van der Waals surface area contributed by atoms with Crippen molar-refractivity contribution in [1.29, 1.82) is 0 Å². The van der Waals surface area contributed by atoms with E-state index in [9.17, 15) is 0 Å². The first-order valence-electron chi connectivity index (χ1n) is 8.64. The maximum absolute atomic E-state index is 3.41. The fraction of sp³-hybridized carbons (Fsp3) is 0.579. The molecule has 0 spiro atoms. The van der Waals surface area contributed by atoms with Crippen LogP contribution in [0.5, 0.6) is 0 Å². The van der Waals surface area contributed by atoms with Crippen LogP contribution in [-0.4, -0.2) is 29.0 Å². The molecule has 1 aliphatic carbocycles. The normalized spacial score (nSPS) is 29.3. The summed E-state index contributed by atoms with van der Waals surface area (Å²) in [6.45, 7) is 4.96. The minimum Gasteiger partial charge on any atom is -0.361 e. The van der Waals surface area contributed by atoms with Gasteiger partial charge in [-0.1, -0.05) is 31.5 Å². The van der Waals surface area contributed by atoms with Crippen LogP contribution >= 0.6 is 0 Å². The smallest absolute Gasteiger partial charge is 0.0456 e. The Morgan fingerprint density at radius 3 is 3.00 bits per heavy atom. The molecule has 5 rings (SSSR count). The maximum Gasteiger partial charge on any atom is 0.0456 e. The Balaban J connectivity index is 1.47. The Morgan fingerprint density at radius 2 is 2.14 bits per heavy atom. The molecule has 1 N–H and O–H groups in total. The lowest BCUT2D eigenvalue weighted by molar-refractivity contribution is 0.000713. The molecule has 3 heterocycles. The molecule has 2 aromatic rings. The predicted octanol–water partition coefficient (Wildman–Crippen LogP) is 4.22. The standard InChI is InChI=1S/C19H26N2/c1-2-15-11-14-7-8-19(15)21(13-14)10-9-16-12-20-18-6-4-3-5-17(16)18/h3-6,12,14-15,19-20H,2,7-11,13H2,1H3. The van der Waals surface area contributed by atoms with E-state index >= 15 is 0 Å². The van der Waals surface area contributed by atoms with E-state index in [1.165, 1.54) is 61.7 Å². The lowest BCUT2D eigenvalue weighted by atomic mass is 9.71. The van der Waals surface area contributed by atoms with Gasteiger partial charge in [0, 0.05) is 36.2 Å². The fourth-order valence-electron chi connectivity index (χ4n) is 4.76. The lowest BCUT2D eigenvalue weighted by Gasteiger charge is -2.50. The van der Waals surface area contributed by atoms with Crippen LogP contribution in [0.3, 0.4) is 0 Å². The molecule has 2 heteroatoms. The second-order valence-electron chi connectivity index (χ2n) is 7.02. The average Bonchev–Trinajstić information content (AvgIpc) is 2.96. The van der Waals surface area contributed by atoms with Crippen molar-refractivity contribution in [2.24, 2.45) is 11.8 Å². The SMILES string of the molecule is CCC1CC2CCC1N(CCc1c[nH]c3ccccc13)C2. The van der Waals surface area contributed by atoms with E-state index in [2.05, 4.69) is 47.3 Å². The quantitative estimate of drug-likeness (QED) is 0.889. The minimum absolute atomic E-state index is 0.866. The van der Waals surface area contributed by atoms with E-state index in [-0.39, 0.29) is 0 Å². The number of rotatable bonds is 4. The zero-order chi connectivity index (χ0) is 14.2. The summed E-state index contributed by atoms with van der Waals surface area (Å²) in [5.41, 5.74) is 2.76. The van der Waals surface area contributed by atoms with Gasteiger partial charge in [-0.3, -0.25) is 4.90 Å². The van der Waals surface area contributed by atoms with Gasteiger partial charge in [-0.05, 0) is 49.1 Å². The molecule has 1 saturated carbocycles. The largest absolute Gasteiger partial charge is 0.361 e. The van der Waals surface area contributed by atoms with Gasteiger partial charge >= 0.3 is 0 Å². The third-order valence-electron chi connectivity index (χ3n) is 5.88. The molecule has 112 valence electrons. The first-order chi connectivity index (χ1) is 10.3. The Hall–Kier alpha value is -1.28. The Labute approximate surface area is 127 Å². The van der Waals surface area contributed by atoms with Gasteiger partial charge in [0.25, 0.3) is 0 Å². The van der Waals surface area contributed by atoms with E-state index in [1.807, 2.05) is 0 Å². The number of aromatic nitrogens is 1. The number of hydrogen-bond acceptors (Lipinski definition) is 1. The van der Waals surface area contributed by atoms with Crippen molar-refractivity contribution in [3.8, 4) is 0 Å². The molecule has 0 amide bonds. The Morgan fingerprint density at radius 1 is 1.24 bits per heavy atom. The number of aromatic amines is 1. The summed E-state index contributed by atoms with van der Waals surface area (Å²) in [5.74, 6) is 1.93. The number of nitrogens with zero attached hydrogens (tertiary/aromatic N) is 1. The van der Waals surface area contributed by atoms with Gasteiger partial charge in [0.15, 0.2) is 0 Å². The highest BCUT2D eigenvalue weighted by atomic mass is 15.2. The number of fused-ring (bicyclic) bond motifs is 4. The highest BCUT2D eigenvalue weighted by molar-refractivity contribution is 5.83. The molecule has 3 fully saturated rings. The van der Waals surface area contributed by atoms with Gasteiger partial charge in [0.2, 0.25) is 0 Å². The molecule has 21 heavy (non-hydrogen) atoms. The second kappa shape index (κ2) is 5.49. The van der Waals surface area contributed by atoms with Gasteiger partial charge in [0.05, 0.1) is 0 Å². The van der Waals surface area contributed by atoms with E-state index in [0.717, 1.165) is 17.9 Å². The summed E-state index contributed by atoms with van der Waals surface area (Å²) in [4.78, 5) is 6.21. The number of hydrogen-bond donors (Lipinski definition) is 1. The molecule has 0 radical (unpaired) electrons. The van der Waals surface area contributed by atoms with Crippen molar-refractivity contribution in [1.82, 2.24) is 9.88 Å². The first kappa shape index (κ1) is 13.4. The second-order valence-corrected chi connectivity index (χ2v) is 7.02. The zero-order valence-electron chi connectivity index (χ0n) is 13.0. The molecule has 2 aliphatic heterocycles. The number of benzene rings is 1. The van der Waals surface area contributed by atoms with Crippen LogP contribution in [-0.2, 0) is 6.42 Å². The summed E-state index contributed by atoms with van der Waals surface area (Å²) >= 11 is 0. The minimum atomic E-state index is 0.866. The molecule has 3 unspecified atom stereocenters. The van der Waals surface area contributed by atoms with Gasteiger partial charge in [-0.2, -0.15) is 0 Å². The van der Waals surface area contributed by atoms with Crippen molar-refractivity contribution in [3.63, 3.8) is 0 Å². The summed E-state index contributed by atoms with van der Waals surface area (Å²) in [7, 11) is 0. The van der Waals surface area contributed by atoms with Crippen LogP contribution in [0, 0.1) is 11.8 Å². The van der Waals surface area contributed by atoms with Crippen LogP contribution in [0.1, 0.15) is 38.2 Å². The van der Waals surface area contributed by atoms with Crippen molar-refractivity contribution in [3.05, 3.63) is 36.0 Å². The number of nitrogens with one attached hydrogen (secondary N) is 1. The fourth-order valence-corrected chi connectivity index (χ4v) is 4.76. The molecule has 3 atom stereocenters.